The van der Waals surface area contributed by atoms with E-state index in [1.54, 1.807) is 6.07 Å². The standard InChI is InChI=1S/C11H7N5O/c12-5-7-6-14-16(10(7)13)11-15-8-3-1-2-4-9(8)17-11/h1-4,6H,13H2. The Morgan fingerprint density at radius 3 is 2.88 bits per heavy atom. The Bertz CT molecular complexity index is 701. The monoisotopic (exact) mass is 225 g/mol. The highest BCUT2D eigenvalue weighted by Gasteiger charge is 2.13. The minimum absolute atomic E-state index is 0.221. The summed E-state index contributed by atoms with van der Waals surface area (Å²) in [7, 11) is 0. The molecule has 0 radical (unpaired) electrons. The summed E-state index contributed by atoms with van der Waals surface area (Å²) in [5.41, 5.74) is 7.41. The third-order valence-electron chi connectivity index (χ3n) is 2.39. The van der Waals surface area contributed by atoms with Crippen LogP contribution in [0.3, 0.4) is 0 Å². The van der Waals surface area contributed by atoms with Crippen LogP contribution in [-0.4, -0.2) is 14.8 Å². The van der Waals surface area contributed by atoms with E-state index >= 15 is 0 Å². The molecule has 0 aliphatic heterocycles. The molecule has 6 nitrogen and oxygen atoms in total. The first kappa shape index (κ1) is 9.42. The Morgan fingerprint density at radius 1 is 1.35 bits per heavy atom. The number of nitrogens with zero attached hydrogens (tertiary/aromatic N) is 4. The Morgan fingerprint density at radius 2 is 2.18 bits per heavy atom. The number of fused-ring (bicyclic) bond motifs is 1. The van der Waals surface area contributed by atoms with Crippen molar-refractivity contribution in [3.8, 4) is 12.1 Å². The Hall–Kier alpha value is -2.81. The van der Waals surface area contributed by atoms with Gasteiger partial charge in [0.2, 0.25) is 0 Å². The van der Waals surface area contributed by atoms with Gasteiger partial charge >= 0.3 is 6.01 Å². The van der Waals surface area contributed by atoms with Crippen LogP contribution in [0.1, 0.15) is 5.56 Å². The van der Waals surface area contributed by atoms with Crippen LogP contribution < -0.4 is 5.73 Å². The van der Waals surface area contributed by atoms with Gasteiger partial charge in [-0.3, -0.25) is 0 Å². The van der Waals surface area contributed by atoms with Gasteiger partial charge in [-0.05, 0) is 12.1 Å². The van der Waals surface area contributed by atoms with Gasteiger partial charge in [-0.1, -0.05) is 12.1 Å². The fourth-order valence-corrected chi connectivity index (χ4v) is 1.55. The Balaban J connectivity index is 2.21. The van der Waals surface area contributed by atoms with Crippen molar-refractivity contribution in [1.82, 2.24) is 14.8 Å². The molecule has 3 rings (SSSR count). The molecule has 0 aliphatic rings. The summed E-state index contributed by atoms with van der Waals surface area (Å²) in [5.74, 6) is 0.221. The van der Waals surface area contributed by atoms with Gasteiger partial charge in [0.1, 0.15) is 23.0 Å². The minimum atomic E-state index is 0.221. The van der Waals surface area contributed by atoms with Gasteiger partial charge in [0.15, 0.2) is 5.58 Å². The molecule has 0 saturated heterocycles. The molecule has 2 aromatic heterocycles. The maximum Gasteiger partial charge on any atom is 0.325 e. The summed E-state index contributed by atoms with van der Waals surface area (Å²) in [6.07, 6.45) is 1.38. The molecule has 0 unspecified atom stereocenters. The minimum Gasteiger partial charge on any atom is -0.422 e. The quantitative estimate of drug-likeness (QED) is 0.676. The van der Waals surface area contributed by atoms with E-state index in [2.05, 4.69) is 10.1 Å². The molecule has 3 aromatic rings. The largest absolute Gasteiger partial charge is 0.422 e. The average molecular weight is 225 g/mol. The number of nitrogens with two attached hydrogens (primary N) is 1. The number of rotatable bonds is 1. The molecule has 0 aliphatic carbocycles. The number of nitriles is 1. The van der Waals surface area contributed by atoms with Crippen molar-refractivity contribution in [2.24, 2.45) is 0 Å². The number of hydrogen-bond donors (Lipinski definition) is 1. The van der Waals surface area contributed by atoms with Crippen LogP contribution in [0.15, 0.2) is 34.9 Å². The zero-order chi connectivity index (χ0) is 11.8. The summed E-state index contributed by atoms with van der Waals surface area (Å²) < 4.78 is 6.80. The van der Waals surface area contributed by atoms with Gasteiger partial charge in [0.25, 0.3) is 0 Å². The van der Waals surface area contributed by atoms with Crippen LogP contribution in [0.2, 0.25) is 0 Å². The van der Waals surface area contributed by atoms with Crippen molar-refractivity contribution in [3.63, 3.8) is 0 Å². The van der Waals surface area contributed by atoms with E-state index in [4.69, 9.17) is 15.4 Å². The molecule has 0 fully saturated rings. The van der Waals surface area contributed by atoms with Gasteiger partial charge in [-0.2, -0.15) is 20.0 Å². The second-order valence-electron chi connectivity index (χ2n) is 3.43. The van der Waals surface area contributed by atoms with Crippen LogP contribution in [0.5, 0.6) is 0 Å². The lowest BCUT2D eigenvalue weighted by Gasteiger charge is -1.95. The topological polar surface area (TPSA) is 93.7 Å². The van der Waals surface area contributed by atoms with E-state index < -0.39 is 0 Å². The number of benzene rings is 1. The third-order valence-corrected chi connectivity index (χ3v) is 2.39. The molecule has 82 valence electrons. The molecule has 2 N–H and O–H groups in total. The normalized spacial score (nSPS) is 10.5. The number of oxazole rings is 1. The van der Waals surface area contributed by atoms with Crippen molar-refractivity contribution >= 4 is 16.9 Å². The molecular formula is C11H7N5O. The smallest absolute Gasteiger partial charge is 0.325 e. The molecule has 0 bridgehead atoms. The molecule has 0 amide bonds. The lowest BCUT2D eigenvalue weighted by atomic mass is 10.3. The average Bonchev–Trinajstić information content (AvgIpc) is 2.91. The summed E-state index contributed by atoms with van der Waals surface area (Å²) in [6.45, 7) is 0. The number of para-hydroxylation sites is 2. The second kappa shape index (κ2) is 3.35. The van der Waals surface area contributed by atoms with Gasteiger partial charge in [0, 0.05) is 0 Å². The van der Waals surface area contributed by atoms with Crippen LogP contribution >= 0.6 is 0 Å². The number of hydrogen-bond acceptors (Lipinski definition) is 5. The van der Waals surface area contributed by atoms with Gasteiger partial charge in [0.05, 0.1) is 6.20 Å². The van der Waals surface area contributed by atoms with Crippen molar-refractivity contribution in [2.75, 3.05) is 5.73 Å². The van der Waals surface area contributed by atoms with E-state index in [-0.39, 0.29) is 11.8 Å². The first-order chi connectivity index (χ1) is 8.29. The Kier molecular flexibility index (Phi) is 1.86. The van der Waals surface area contributed by atoms with E-state index in [0.717, 1.165) is 5.52 Å². The fraction of sp³-hybridized carbons (Fsp3) is 0. The predicted octanol–water partition coefficient (Wildman–Crippen LogP) is 1.47. The molecule has 6 heteroatoms. The van der Waals surface area contributed by atoms with Crippen molar-refractivity contribution in [3.05, 3.63) is 36.0 Å². The van der Waals surface area contributed by atoms with E-state index in [1.165, 1.54) is 10.9 Å². The zero-order valence-corrected chi connectivity index (χ0v) is 8.66. The molecule has 0 atom stereocenters. The third kappa shape index (κ3) is 1.33. The second-order valence-corrected chi connectivity index (χ2v) is 3.43. The van der Waals surface area contributed by atoms with Gasteiger partial charge in [-0.15, -0.1) is 0 Å². The first-order valence-corrected chi connectivity index (χ1v) is 4.89. The highest BCUT2D eigenvalue weighted by atomic mass is 16.4. The van der Waals surface area contributed by atoms with Crippen LogP contribution in [-0.2, 0) is 0 Å². The lowest BCUT2D eigenvalue weighted by molar-refractivity contribution is 0.546. The SMILES string of the molecule is N#Cc1cnn(-c2nc3ccccc3o2)c1N. The highest BCUT2D eigenvalue weighted by Crippen LogP contribution is 2.20. The molecule has 0 spiro atoms. The van der Waals surface area contributed by atoms with E-state index in [0.29, 0.717) is 11.1 Å². The van der Waals surface area contributed by atoms with Crippen LogP contribution in [0, 0.1) is 11.3 Å². The van der Waals surface area contributed by atoms with E-state index in [1.807, 2.05) is 24.3 Å². The zero-order valence-electron chi connectivity index (χ0n) is 8.66. The maximum atomic E-state index is 8.78. The highest BCUT2D eigenvalue weighted by molar-refractivity contribution is 5.73. The van der Waals surface area contributed by atoms with Crippen molar-refractivity contribution < 1.29 is 4.42 Å². The summed E-state index contributed by atoms with van der Waals surface area (Å²) in [4.78, 5) is 4.24. The summed E-state index contributed by atoms with van der Waals surface area (Å²) >= 11 is 0. The fourth-order valence-electron chi connectivity index (χ4n) is 1.55. The summed E-state index contributed by atoms with van der Waals surface area (Å²) in [6, 6.07) is 9.54. The number of aromatic nitrogens is 3. The van der Waals surface area contributed by atoms with Crippen molar-refractivity contribution in [2.45, 2.75) is 0 Å². The van der Waals surface area contributed by atoms with Crippen molar-refractivity contribution in [1.29, 1.82) is 5.26 Å². The summed E-state index contributed by atoms with van der Waals surface area (Å²) in [5, 5.41) is 12.7. The molecule has 0 saturated carbocycles. The predicted molar refractivity (Wildman–Crippen MR) is 60.3 cm³/mol. The maximum absolute atomic E-state index is 8.78. The van der Waals surface area contributed by atoms with Gasteiger partial charge in [-0.25, -0.2) is 0 Å². The Labute approximate surface area is 95.9 Å². The van der Waals surface area contributed by atoms with E-state index in [9.17, 15) is 0 Å². The number of nitrogen functional groups attached to an aromatic ring is 1. The van der Waals surface area contributed by atoms with Gasteiger partial charge < -0.3 is 10.2 Å². The lowest BCUT2D eigenvalue weighted by Crippen LogP contribution is -2.02. The first-order valence-electron chi connectivity index (χ1n) is 4.89. The molecule has 17 heavy (non-hydrogen) atoms. The molecule has 1 aromatic carbocycles. The number of anilines is 1. The molecular weight excluding hydrogens is 218 g/mol. The van der Waals surface area contributed by atoms with Crippen LogP contribution in [0.4, 0.5) is 5.82 Å². The van der Waals surface area contributed by atoms with Crippen LogP contribution in [0.25, 0.3) is 17.1 Å². The molecule has 2 heterocycles.